The van der Waals surface area contributed by atoms with Crippen LogP contribution in [0.25, 0.3) is 11.4 Å². The molecule has 4 aromatic rings. The van der Waals surface area contributed by atoms with Gasteiger partial charge in [-0.25, -0.2) is 4.39 Å². The number of aromatic nitrogens is 4. The predicted molar refractivity (Wildman–Crippen MR) is 122 cm³/mol. The van der Waals surface area contributed by atoms with Gasteiger partial charge in [0.25, 0.3) is 0 Å². The average Bonchev–Trinajstić information content (AvgIpc) is 3.30. The first-order valence-corrected chi connectivity index (χ1v) is 10.3. The summed E-state index contributed by atoms with van der Waals surface area (Å²) in [5.74, 6) is -0.173. The Hall–Kier alpha value is -4.07. The molecule has 2 N–H and O–H groups in total. The predicted octanol–water partition coefficient (Wildman–Crippen LogP) is 4.16. The topological polar surface area (TPSA) is 84.7 Å². The van der Waals surface area contributed by atoms with Gasteiger partial charge in [-0.15, -0.1) is 10.2 Å². The zero-order valence-corrected chi connectivity index (χ0v) is 17.6. The lowest BCUT2D eigenvalue weighted by Crippen LogP contribution is -2.32. The third kappa shape index (κ3) is 5.34. The molecule has 1 heterocycles. The van der Waals surface area contributed by atoms with E-state index in [1.165, 1.54) is 12.1 Å². The van der Waals surface area contributed by atoms with Crippen molar-refractivity contribution in [3.63, 3.8) is 0 Å². The van der Waals surface area contributed by atoms with Crippen LogP contribution in [0.4, 0.5) is 15.8 Å². The summed E-state index contributed by atoms with van der Waals surface area (Å²) >= 11 is 0. The molecule has 1 amide bonds. The van der Waals surface area contributed by atoms with Gasteiger partial charge in [-0.1, -0.05) is 54.6 Å². The minimum atomic E-state index is -0.531. The number of para-hydroxylation sites is 1. The molecule has 0 bridgehead atoms. The number of nitrogens with one attached hydrogen (secondary N) is 2. The van der Waals surface area contributed by atoms with Crippen LogP contribution in [-0.2, 0) is 17.8 Å². The van der Waals surface area contributed by atoms with Crippen molar-refractivity contribution in [1.29, 1.82) is 0 Å². The molecule has 0 saturated heterocycles. The summed E-state index contributed by atoms with van der Waals surface area (Å²) in [5.41, 5.74) is 3.01. The molecule has 1 aromatic heterocycles. The van der Waals surface area contributed by atoms with Gasteiger partial charge >= 0.3 is 0 Å². The van der Waals surface area contributed by atoms with E-state index < -0.39 is 11.9 Å². The van der Waals surface area contributed by atoms with Crippen molar-refractivity contribution in [2.75, 3.05) is 10.6 Å². The lowest BCUT2D eigenvalue weighted by atomic mass is 10.1. The van der Waals surface area contributed by atoms with Crippen LogP contribution < -0.4 is 10.6 Å². The molecule has 0 fully saturated rings. The Morgan fingerprint density at radius 2 is 1.72 bits per heavy atom. The average molecular weight is 430 g/mol. The van der Waals surface area contributed by atoms with Gasteiger partial charge in [0.05, 0.1) is 12.2 Å². The van der Waals surface area contributed by atoms with Gasteiger partial charge in [0.2, 0.25) is 11.7 Å². The summed E-state index contributed by atoms with van der Waals surface area (Å²) in [6, 6.07) is 23.1. The van der Waals surface area contributed by atoms with E-state index >= 15 is 0 Å². The van der Waals surface area contributed by atoms with E-state index in [9.17, 15) is 9.18 Å². The van der Waals surface area contributed by atoms with E-state index in [2.05, 4.69) is 26.0 Å². The van der Waals surface area contributed by atoms with Gasteiger partial charge in [-0.2, -0.15) is 4.80 Å². The molecule has 0 spiro atoms. The number of carbonyl (C=O) groups excluding carboxylic acids is 1. The number of benzene rings is 3. The maximum atomic E-state index is 13.7. The Morgan fingerprint density at radius 3 is 2.47 bits per heavy atom. The fraction of sp³-hybridized carbons (Fsp3) is 0.167. The number of hydrogen-bond acceptors (Lipinski definition) is 5. The Kier molecular flexibility index (Phi) is 6.50. The van der Waals surface area contributed by atoms with Crippen LogP contribution >= 0.6 is 0 Å². The number of rotatable bonds is 8. The summed E-state index contributed by atoms with van der Waals surface area (Å²) < 4.78 is 13.7. The molecular weight excluding hydrogens is 407 g/mol. The van der Waals surface area contributed by atoms with Crippen LogP contribution in [-0.4, -0.2) is 32.2 Å². The van der Waals surface area contributed by atoms with Crippen LogP contribution in [0.1, 0.15) is 12.5 Å². The number of aryl methyl sites for hydroxylation is 2. The molecule has 0 aliphatic rings. The van der Waals surface area contributed by atoms with E-state index in [1.54, 1.807) is 23.9 Å². The zero-order valence-electron chi connectivity index (χ0n) is 17.6. The van der Waals surface area contributed by atoms with Gasteiger partial charge in [0, 0.05) is 11.3 Å². The number of amides is 1. The Balaban J connectivity index is 1.29. The second kappa shape index (κ2) is 9.82. The van der Waals surface area contributed by atoms with E-state index in [-0.39, 0.29) is 11.6 Å². The van der Waals surface area contributed by atoms with Gasteiger partial charge in [-0.3, -0.25) is 4.79 Å². The molecule has 32 heavy (non-hydrogen) atoms. The molecule has 8 heteroatoms. The number of tetrazole rings is 1. The SMILES string of the molecule is CC(Nc1ccc(CCn2nnc(-c3ccccc3)n2)cc1)C(=O)Nc1ccccc1F. The van der Waals surface area contributed by atoms with Crippen molar-refractivity contribution in [3.8, 4) is 11.4 Å². The highest BCUT2D eigenvalue weighted by Gasteiger charge is 2.14. The highest BCUT2D eigenvalue weighted by atomic mass is 19.1. The van der Waals surface area contributed by atoms with E-state index in [0.717, 1.165) is 23.2 Å². The largest absolute Gasteiger partial charge is 0.374 e. The standard InChI is InChI=1S/C24H23FN6O/c1-17(24(32)27-22-10-6-5-9-21(22)25)26-20-13-11-18(12-14-20)15-16-31-29-23(28-30-31)19-7-3-2-4-8-19/h2-14,17,26H,15-16H2,1H3,(H,27,32). The lowest BCUT2D eigenvalue weighted by Gasteiger charge is -2.16. The quantitative estimate of drug-likeness (QED) is 0.438. The molecular formula is C24H23FN6O. The fourth-order valence-corrected chi connectivity index (χ4v) is 3.16. The molecule has 0 saturated carbocycles. The third-order valence-corrected chi connectivity index (χ3v) is 4.95. The second-order valence-electron chi connectivity index (χ2n) is 7.36. The first-order valence-electron chi connectivity index (χ1n) is 10.3. The summed E-state index contributed by atoms with van der Waals surface area (Å²) in [6.45, 7) is 2.33. The Morgan fingerprint density at radius 1 is 1.00 bits per heavy atom. The summed E-state index contributed by atoms with van der Waals surface area (Å²) in [4.78, 5) is 13.9. The fourth-order valence-electron chi connectivity index (χ4n) is 3.16. The maximum Gasteiger partial charge on any atom is 0.246 e. The van der Waals surface area contributed by atoms with Crippen molar-refractivity contribution in [2.45, 2.75) is 25.9 Å². The summed E-state index contributed by atoms with van der Waals surface area (Å²) in [7, 11) is 0. The molecule has 162 valence electrons. The van der Waals surface area contributed by atoms with Crippen molar-refractivity contribution in [3.05, 3.63) is 90.2 Å². The van der Waals surface area contributed by atoms with E-state index in [0.29, 0.717) is 12.4 Å². The highest BCUT2D eigenvalue weighted by Crippen LogP contribution is 2.16. The van der Waals surface area contributed by atoms with Gasteiger partial charge in [0.15, 0.2) is 0 Å². The number of hydrogen-bond donors (Lipinski definition) is 2. The normalized spacial score (nSPS) is 11.7. The third-order valence-electron chi connectivity index (χ3n) is 4.95. The molecule has 7 nitrogen and oxygen atoms in total. The molecule has 0 aliphatic heterocycles. The molecule has 0 aliphatic carbocycles. The molecule has 0 radical (unpaired) electrons. The van der Waals surface area contributed by atoms with Gasteiger partial charge < -0.3 is 10.6 Å². The number of nitrogens with zero attached hydrogens (tertiary/aromatic N) is 4. The highest BCUT2D eigenvalue weighted by molar-refractivity contribution is 5.96. The Labute approximate surface area is 185 Å². The smallest absolute Gasteiger partial charge is 0.246 e. The first-order chi connectivity index (χ1) is 15.6. The molecule has 4 rings (SSSR count). The lowest BCUT2D eigenvalue weighted by molar-refractivity contribution is -0.116. The minimum Gasteiger partial charge on any atom is -0.374 e. The minimum absolute atomic E-state index is 0.165. The zero-order chi connectivity index (χ0) is 22.3. The summed E-state index contributed by atoms with van der Waals surface area (Å²) in [5, 5.41) is 18.4. The summed E-state index contributed by atoms with van der Waals surface area (Å²) in [6.07, 6.45) is 0.744. The van der Waals surface area contributed by atoms with Crippen LogP contribution in [0.2, 0.25) is 0 Å². The monoisotopic (exact) mass is 430 g/mol. The van der Waals surface area contributed by atoms with E-state index in [4.69, 9.17) is 0 Å². The van der Waals surface area contributed by atoms with Gasteiger partial charge in [0.1, 0.15) is 11.9 Å². The molecule has 1 unspecified atom stereocenters. The first kappa shape index (κ1) is 21.2. The van der Waals surface area contributed by atoms with E-state index in [1.807, 2.05) is 54.6 Å². The van der Waals surface area contributed by atoms with Crippen molar-refractivity contribution in [1.82, 2.24) is 20.2 Å². The Bertz CT molecular complexity index is 1180. The van der Waals surface area contributed by atoms with Crippen LogP contribution in [0, 0.1) is 5.82 Å². The van der Waals surface area contributed by atoms with Crippen LogP contribution in [0.3, 0.4) is 0 Å². The van der Waals surface area contributed by atoms with Crippen molar-refractivity contribution >= 4 is 17.3 Å². The molecule has 1 atom stereocenters. The number of carbonyl (C=O) groups is 1. The van der Waals surface area contributed by atoms with Crippen molar-refractivity contribution < 1.29 is 9.18 Å². The maximum absolute atomic E-state index is 13.7. The number of halogens is 1. The van der Waals surface area contributed by atoms with Gasteiger partial charge in [-0.05, 0) is 48.4 Å². The van der Waals surface area contributed by atoms with Crippen LogP contribution in [0.5, 0.6) is 0 Å². The molecule has 3 aromatic carbocycles. The van der Waals surface area contributed by atoms with Crippen LogP contribution in [0.15, 0.2) is 78.9 Å². The van der Waals surface area contributed by atoms with Crippen molar-refractivity contribution in [2.24, 2.45) is 0 Å². The number of anilines is 2. The second-order valence-corrected chi connectivity index (χ2v) is 7.36.